The lowest BCUT2D eigenvalue weighted by Gasteiger charge is -2.26. The number of rotatable bonds is 8. The molecule has 8 heteroatoms. The summed E-state index contributed by atoms with van der Waals surface area (Å²) in [6, 6.07) is 8.16. The van der Waals surface area contributed by atoms with Crippen LogP contribution < -0.4 is 15.4 Å². The molecule has 0 saturated carbocycles. The van der Waals surface area contributed by atoms with Crippen molar-refractivity contribution in [2.75, 3.05) is 59.7 Å². The highest BCUT2D eigenvalue weighted by atomic mass is 127. The zero-order valence-corrected chi connectivity index (χ0v) is 19.0. The molecule has 0 spiro atoms. The number of guanidine groups is 1. The van der Waals surface area contributed by atoms with Gasteiger partial charge in [0.1, 0.15) is 12.4 Å². The normalized spacial score (nSPS) is 20.5. The number of halogens is 1. The van der Waals surface area contributed by atoms with Gasteiger partial charge in [-0.3, -0.25) is 9.89 Å². The van der Waals surface area contributed by atoms with Gasteiger partial charge < -0.3 is 24.8 Å². The Labute approximate surface area is 185 Å². The predicted octanol–water partition coefficient (Wildman–Crippen LogP) is 1.86. The molecule has 1 aromatic carbocycles. The first-order valence-corrected chi connectivity index (χ1v) is 9.92. The summed E-state index contributed by atoms with van der Waals surface area (Å²) in [7, 11) is 1.79. The molecule has 158 valence electrons. The van der Waals surface area contributed by atoms with E-state index in [2.05, 4.69) is 26.6 Å². The third-order valence-corrected chi connectivity index (χ3v) is 4.93. The average molecular weight is 504 g/mol. The van der Waals surface area contributed by atoms with Crippen molar-refractivity contribution in [2.45, 2.75) is 25.5 Å². The first kappa shape index (κ1) is 23.2. The molecule has 1 atom stereocenters. The van der Waals surface area contributed by atoms with Gasteiger partial charge in [-0.25, -0.2) is 0 Å². The minimum absolute atomic E-state index is 0. The fraction of sp³-hybridized carbons (Fsp3) is 0.650. The van der Waals surface area contributed by atoms with Crippen LogP contribution in [0.5, 0.6) is 5.75 Å². The highest BCUT2D eigenvalue weighted by Crippen LogP contribution is 2.18. The Morgan fingerprint density at radius 2 is 2.04 bits per heavy atom. The Hall–Kier alpha value is -1.10. The lowest BCUT2D eigenvalue weighted by atomic mass is 10.2. The molecule has 2 aliphatic rings. The van der Waals surface area contributed by atoms with Gasteiger partial charge in [0, 0.05) is 51.9 Å². The predicted molar refractivity (Wildman–Crippen MR) is 122 cm³/mol. The summed E-state index contributed by atoms with van der Waals surface area (Å²) < 4.78 is 17.1. The van der Waals surface area contributed by atoms with Gasteiger partial charge in [-0.05, 0) is 18.9 Å². The molecule has 0 amide bonds. The molecule has 2 fully saturated rings. The number of para-hydroxylation sites is 1. The van der Waals surface area contributed by atoms with Crippen LogP contribution in [0.25, 0.3) is 0 Å². The SMILES string of the molecule is CN=C(NCc1ccccc1OCCN1CCOCC1)NCC1CCCO1.I. The van der Waals surface area contributed by atoms with Crippen molar-refractivity contribution in [3.8, 4) is 5.75 Å². The van der Waals surface area contributed by atoms with E-state index in [4.69, 9.17) is 14.2 Å². The third kappa shape index (κ3) is 7.73. The van der Waals surface area contributed by atoms with Gasteiger partial charge in [0.15, 0.2) is 5.96 Å². The largest absolute Gasteiger partial charge is 0.492 e. The highest BCUT2D eigenvalue weighted by Gasteiger charge is 2.15. The summed E-state index contributed by atoms with van der Waals surface area (Å²) in [5.74, 6) is 1.71. The summed E-state index contributed by atoms with van der Waals surface area (Å²) >= 11 is 0. The van der Waals surface area contributed by atoms with Crippen LogP contribution in [0.15, 0.2) is 29.3 Å². The van der Waals surface area contributed by atoms with Crippen LogP contribution in [0, 0.1) is 0 Å². The van der Waals surface area contributed by atoms with Crippen LogP contribution in [-0.4, -0.2) is 76.6 Å². The third-order valence-electron chi connectivity index (χ3n) is 4.93. The standard InChI is InChI=1S/C20H32N4O3.HI/c1-21-20(23-16-18-6-4-11-26-18)22-15-17-5-2-3-7-19(17)27-14-10-24-8-12-25-13-9-24;/h2-3,5,7,18H,4,6,8-16H2,1H3,(H2,21,22,23);1H. The van der Waals surface area contributed by atoms with Crippen molar-refractivity contribution >= 4 is 29.9 Å². The molecule has 2 heterocycles. The van der Waals surface area contributed by atoms with Gasteiger partial charge in [0.25, 0.3) is 0 Å². The van der Waals surface area contributed by atoms with Crippen LogP contribution in [0.3, 0.4) is 0 Å². The Kier molecular flexibility index (Phi) is 10.9. The molecule has 0 bridgehead atoms. The van der Waals surface area contributed by atoms with Crippen LogP contribution in [0.4, 0.5) is 0 Å². The molecule has 0 aromatic heterocycles. The monoisotopic (exact) mass is 504 g/mol. The molecule has 0 radical (unpaired) electrons. The number of morpholine rings is 1. The Balaban J connectivity index is 0.00000280. The molecular weight excluding hydrogens is 471 g/mol. The van der Waals surface area contributed by atoms with Gasteiger partial charge in [0.2, 0.25) is 0 Å². The maximum atomic E-state index is 6.04. The lowest BCUT2D eigenvalue weighted by Crippen LogP contribution is -2.40. The molecule has 2 aliphatic heterocycles. The molecule has 2 saturated heterocycles. The van der Waals surface area contributed by atoms with E-state index in [-0.39, 0.29) is 24.0 Å². The van der Waals surface area contributed by atoms with Crippen molar-refractivity contribution < 1.29 is 14.2 Å². The Morgan fingerprint density at radius 3 is 2.79 bits per heavy atom. The maximum Gasteiger partial charge on any atom is 0.191 e. The minimum Gasteiger partial charge on any atom is -0.492 e. The average Bonchev–Trinajstić information content (AvgIpc) is 3.23. The van der Waals surface area contributed by atoms with E-state index >= 15 is 0 Å². The number of benzene rings is 1. The summed E-state index contributed by atoms with van der Waals surface area (Å²) in [6.07, 6.45) is 2.55. The fourth-order valence-corrected chi connectivity index (χ4v) is 3.32. The summed E-state index contributed by atoms with van der Waals surface area (Å²) in [6.45, 7) is 7.54. The zero-order valence-electron chi connectivity index (χ0n) is 16.7. The van der Waals surface area contributed by atoms with Crippen LogP contribution in [0.2, 0.25) is 0 Å². The van der Waals surface area contributed by atoms with Crippen LogP contribution >= 0.6 is 24.0 Å². The molecule has 1 unspecified atom stereocenters. The molecule has 28 heavy (non-hydrogen) atoms. The summed E-state index contributed by atoms with van der Waals surface area (Å²) in [5, 5.41) is 6.71. The summed E-state index contributed by atoms with van der Waals surface area (Å²) in [5.41, 5.74) is 1.12. The zero-order chi connectivity index (χ0) is 18.7. The van der Waals surface area contributed by atoms with E-state index in [1.54, 1.807) is 7.05 Å². The van der Waals surface area contributed by atoms with Gasteiger partial charge in [0.05, 0.1) is 19.3 Å². The number of nitrogens with one attached hydrogen (secondary N) is 2. The van der Waals surface area contributed by atoms with Crippen molar-refractivity contribution in [3.05, 3.63) is 29.8 Å². The smallest absolute Gasteiger partial charge is 0.191 e. The summed E-state index contributed by atoms with van der Waals surface area (Å²) in [4.78, 5) is 6.67. The van der Waals surface area contributed by atoms with Crippen LogP contribution in [-0.2, 0) is 16.0 Å². The quantitative estimate of drug-likeness (QED) is 0.320. The molecule has 3 rings (SSSR count). The van der Waals surface area contributed by atoms with Crippen LogP contribution in [0.1, 0.15) is 18.4 Å². The van der Waals surface area contributed by atoms with Crippen molar-refractivity contribution in [1.82, 2.24) is 15.5 Å². The minimum atomic E-state index is 0. The second kappa shape index (κ2) is 13.2. The van der Waals surface area contributed by atoms with E-state index in [1.807, 2.05) is 18.2 Å². The number of hydrogen-bond acceptors (Lipinski definition) is 5. The Bertz CT molecular complexity index is 591. The lowest BCUT2D eigenvalue weighted by molar-refractivity contribution is 0.0322. The van der Waals surface area contributed by atoms with Crippen molar-refractivity contribution in [2.24, 2.45) is 4.99 Å². The number of nitrogens with zero attached hydrogens (tertiary/aromatic N) is 2. The molecule has 2 N–H and O–H groups in total. The second-order valence-corrected chi connectivity index (χ2v) is 6.85. The topological polar surface area (TPSA) is 67.4 Å². The number of aliphatic imine (C=N–C) groups is 1. The van der Waals surface area contributed by atoms with Crippen molar-refractivity contribution in [3.63, 3.8) is 0 Å². The van der Waals surface area contributed by atoms with E-state index < -0.39 is 0 Å². The number of ether oxygens (including phenoxy) is 3. The van der Waals surface area contributed by atoms with Gasteiger partial charge in [-0.1, -0.05) is 18.2 Å². The van der Waals surface area contributed by atoms with E-state index in [1.165, 1.54) is 0 Å². The first-order valence-electron chi connectivity index (χ1n) is 9.92. The number of hydrogen-bond donors (Lipinski definition) is 2. The molecule has 7 nitrogen and oxygen atoms in total. The van der Waals surface area contributed by atoms with Gasteiger partial charge in [-0.2, -0.15) is 0 Å². The Morgan fingerprint density at radius 1 is 1.21 bits per heavy atom. The van der Waals surface area contributed by atoms with Gasteiger partial charge >= 0.3 is 0 Å². The van der Waals surface area contributed by atoms with E-state index in [0.29, 0.717) is 19.3 Å². The van der Waals surface area contributed by atoms with Gasteiger partial charge in [-0.15, -0.1) is 24.0 Å². The fourth-order valence-electron chi connectivity index (χ4n) is 3.32. The maximum absolute atomic E-state index is 6.04. The second-order valence-electron chi connectivity index (χ2n) is 6.85. The molecular formula is C20H33IN4O3. The molecule has 1 aromatic rings. The highest BCUT2D eigenvalue weighted by molar-refractivity contribution is 14.0. The van der Waals surface area contributed by atoms with Crippen molar-refractivity contribution in [1.29, 1.82) is 0 Å². The molecule has 0 aliphatic carbocycles. The first-order chi connectivity index (χ1) is 13.3. The van der Waals surface area contributed by atoms with E-state index in [9.17, 15) is 0 Å². The van der Waals surface area contributed by atoms with E-state index in [0.717, 1.165) is 76.1 Å².